The maximum absolute atomic E-state index is 11.6. The summed E-state index contributed by atoms with van der Waals surface area (Å²) in [6, 6.07) is 7.42. The number of para-hydroxylation sites is 2. The summed E-state index contributed by atoms with van der Waals surface area (Å²) in [5.74, 6) is -1.62. The SMILES string of the molecule is O=C(O)/C=C\C(=O)Nc1ccccc1N1CCOCC1. The lowest BCUT2D eigenvalue weighted by Gasteiger charge is -2.30. The van der Waals surface area contributed by atoms with E-state index in [0.717, 1.165) is 30.9 Å². The molecule has 1 amide bonds. The number of ether oxygens (including phenoxy) is 1. The molecule has 1 saturated heterocycles. The van der Waals surface area contributed by atoms with Crippen LogP contribution in [0, 0.1) is 0 Å². The van der Waals surface area contributed by atoms with Gasteiger partial charge in [-0.3, -0.25) is 4.79 Å². The topological polar surface area (TPSA) is 78.9 Å². The van der Waals surface area contributed by atoms with E-state index in [4.69, 9.17) is 9.84 Å². The lowest BCUT2D eigenvalue weighted by atomic mass is 10.2. The zero-order valence-electron chi connectivity index (χ0n) is 10.9. The molecule has 1 aromatic carbocycles. The van der Waals surface area contributed by atoms with Crippen LogP contribution in [0.1, 0.15) is 0 Å². The molecule has 1 heterocycles. The summed E-state index contributed by atoms with van der Waals surface area (Å²) in [6.45, 7) is 2.83. The number of hydrogen-bond donors (Lipinski definition) is 2. The largest absolute Gasteiger partial charge is 0.478 e. The minimum absolute atomic E-state index is 0.465. The number of aliphatic carboxylic acids is 1. The molecule has 0 aromatic heterocycles. The third kappa shape index (κ3) is 3.83. The zero-order chi connectivity index (χ0) is 14.4. The zero-order valence-corrected chi connectivity index (χ0v) is 10.9. The van der Waals surface area contributed by atoms with Gasteiger partial charge in [0.15, 0.2) is 0 Å². The van der Waals surface area contributed by atoms with Crippen LogP contribution in [0.5, 0.6) is 0 Å². The lowest BCUT2D eigenvalue weighted by Crippen LogP contribution is -2.36. The van der Waals surface area contributed by atoms with Crippen LogP contribution in [0.4, 0.5) is 11.4 Å². The van der Waals surface area contributed by atoms with Gasteiger partial charge >= 0.3 is 5.97 Å². The van der Waals surface area contributed by atoms with Crippen LogP contribution >= 0.6 is 0 Å². The Morgan fingerprint density at radius 3 is 2.60 bits per heavy atom. The molecule has 20 heavy (non-hydrogen) atoms. The summed E-state index contributed by atoms with van der Waals surface area (Å²) in [7, 11) is 0. The van der Waals surface area contributed by atoms with Gasteiger partial charge < -0.3 is 20.1 Å². The Balaban J connectivity index is 2.11. The Bertz CT molecular complexity index is 522. The quantitative estimate of drug-likeness (QED) is 0.805. The molecule has 6 nitrogen and oxygen atoms in total. The van der Waals surface area contributed by atoms with Gasteiger partial charge in [0.1, 0.15) is 0 Å². The van der Waals surface area contributed by atoms with Crippen molar-refractivity contribution in [2.24, 2.45) is 0 Å². The van der Waals surface area contributed by atoms with Crippen molar-refractivity contribution in [3.63, 3.8) is 0 Å². The highest BCUT2D eigenvalue weighted by molar-refractivity contribution is 6.04. The van der Waals surface area contributed by atoms with Crippen LogP contribution in [-0.2, 0) is 14.3 Å². The van der Waals surface area contributed by atoms with E-state index in [1.165, 1.54) is 0 Å². The lowest BCUT2D eigenvalue weighted by molar-refractivity contribution is -0.131. The van der Waals surface area contributed by atoms with Crippen molar-refractivity contribution >= 4 is 23.3 Å². The molecule has 1 aliphatic heterocycles. The molecule has 0 radical (unpaired) electrons. The average molecular weight is 276 g/mol. The molecule has 1 aliphatic rings. The van der Waals surface area contributed by atoms with Gasteiger partial charge in [0.25, 0.3) is 0 Å². The van der Waals surface area contributed by atoms with E-state index >= 15 is 0 Å². The fraction of sp³-hybridized carbons (Fsp3) is 0.286. The van der Waals surface area contributed by atoms with Crippen molar-refractivity contribution in [2.75, 3.05) is 36.5 Å². The van der Waals surface area contributed by atoms with E-state index in [1.54, 1.807) is 6.07 Å². The average Bonchev–Trinajstić information content (AvgIpc) is 2.47. The number of amides is 1. The van der Waals surface area contributed by atoms with Crippen molar-refractivity contribution < 1.29 is 19.4 Å². The number of nitrogens with one attached hydrogen (secondary N) is 1. The summed E-state index contributed by atoms with van der Waals surface area (Å²) in [6.07, 6.45) is 1.81. The normalized spacial score (nSPS) is 15.3. The van der Waals surface area contributed by atoms with E-state index in [2.05, 4.69) is 10.2 Å². The standard InChI is InChI=1S/C14H16N2O4/c17-13(5-6-14(18)19)15-11-3-1-2-4-12(11)16-7-9-20-10-8-16/h1-6H,7-10H2,(H,15,17)(H,18,19)/b6-5-. The third-order valence-electron chi connectivity index (χ3n) is 2.89. The Morgan fingerprint density at radius 1 is 1.20 bits per heavy atom. The van der Waals surface area contributed by atoms with Crippen LogP contribution in [0.25, 0.3) is 0 Å². The summed E-state index contributed by atoms with van der Waals surface area (Å²) in [4.78, 5) is 24.2. The number of anilines is 2. The number of nitrogens with zero attached hydrogens (tertiary/aromatic N) is 1. The maximum Gasteiger partial charge on any atom is 0.328 e. The van der Waals surface area contributed by atoms with E-state index < -0.39 is 11.9 Å². The van der Waals surface area contributed by atoms with Gasteiger partial charge in [-0.2, -0.15) is 0 Å². The summed E-state index contributed by atoms with van der Waals surface area (Å²) in [5, 5.41) is 11.2. The summed E-state index contributed by atoms with van der Waals surface area (Å²) < 4.78 is 5.30. The summed E-state index contributed by atoms with van der Waals surface area (Å²) >= 11 is 0. The minimum Gasteiger partial charge on any atom is -0.478 e. The number of carboxylic acid groups (broad SMARTS) is 1. The second-order valence-corrected chi connectivity index (χ2v) is 4.28. The molecular weight excluding hydrogens is 260 g/mol. The van der Waals surface area contributed by atoms with Gasteiger partial charge in [-0.15, -0.1) is 0 Å². The molecule has 6 heteroatoms. The van der Waals surface area contributed by atoms with E-state index in [-0.39, 0.29) is 0 Å². The molecule has 2 N–H and O–H groups in total. The molecular formula is C14H16N2O4. The highest BCUT2D eigenvalue weighted by atomic mass is 16.5. The van der Waals surface area contributed by atoms with Crippen molar-refractivity contribution in [1.29, 1.82) is 0 Å². The molecule has 0 unspecified atom stereocenters. The number of rotatable bonds is 4. The van der Waals surface area contributed by atoms with E-state index in [1.807, 2.05) is 18.2 Å². The van der Waals surface area contributed by atoms with Crippen LogP contribution < -0.4 is 10.2 Å². The number of hydrogen-bond acceptors (Lipinski definition) is 4. The molecule has 2 rings (SSSR count). The highest BCUT2D eigenvalue weighted by Crippen LogP contribution is 2.26. The first-order valence-electron chi connectivity index (χ1n) is 6.30. The third-order valence-corrected chi connectivity index (χ3v) is 2.89. The van der Waals surface area contributed by atoms with Gasteiger partial charge in [-0.05, 0) is 12.1 Å². The van der Waals surface area contributed by atoms with Gasteiger partial charge in [0.2, 0.25) is 5.91 Å². The number of morpholine rings is 1. The van der Waals surface area contributed by atoms with Crippen LogP contribution in [-0.4, -0.2) is 43.3 Å². The van der Waals surface area contributed by atoms with Crippen LogP contribution in [0.15, 0.2) is 36.4 Å². The second-order valence-electron chi connectivity index (χ2n) is 4.28. The highest BCUT2D eigenvalue weighted by Gasteiger charge is 2.15. The Hall–Kier alpha value is -2.34. The fourth-order valence-electron chi connectivity index (χ4n) is 1.98. The van der Waals surface area contributed by atoms with Crippen molar-refractivity contribution in [3.05, 3.63) is 36.4 Å². The molecule has 0 aliphatic carbocycles. The molecule has 0 bridgehead atoms. The number of carboxylic acids is 1. The van der Waals surface area contributed by atoms with Gasteiger partial charge in [-0.1, -0.05) is 12.1 Å². The van der Waals surface area contributed by atoms with Crippen LogP contribution in [0.3, 0.4) is 0 Å². The molecule has 0 atom stereocenters. The van der Waals surface area contributed by atoms with E-state index in [0.29, 0.717) is 18.9 Å². The number of carbonyl (C=O) groups excluding carboxylic acids is 1. The molecule has 0 saturated carbocycles. The minimum atomic E-state index is -1.15. The number of benzene rings is 1. The predicted octanol–water partition coefficient (Wildman–Crippen LogP) is 1.10. The Kier molecular flexibility index (Phi) is 4.73. The molecule has 1 aromatic rings. The monoisotopic (exact) mass is 276 g/mol. The molecule has 106 valence electrons. The van der Waals surface area contributed by atoms with Gasteiger partial charge in [0, 0.05) is 25.2 Å². The Labute approximate surface area is 116 Å². The maximum atomic E-state index is 11.6. The van der Waals surface area contributed by atoms with Crippen LogP contribution in [0.2, 0.25) is 0 Å². The predicted molar refractivity (Wildman–Crippen MR) is 74.9 cm³/mol. The first kappa shape index (κ1) is 14.1. The summed E-state index contributed by atoms with van der Waals surface area (Å²) in [5.41, 5.74) is 1.57. The second kappa shape index (κ2) is 6.72. The smallest absolute Gasteiger partial charge is 0.328 e. The number of carbonyl (C=O) groups is 2. The first-order valence-corrected chi connectivity index (χ1v) is 6.30. The van der Waals surface area contributed by atoms with Crippen molar-refractivity contribution in [2.45, 2.75) is 0 Å². The Morgan fingerprint density at radius 2 is 1.90 bits per heavy atom. The van der Waals surface area contributed by atoms with Gasteiger partial charge in [-0.25, -0.2) is 4.79 Å². The first-order chi connectivity index (χ1) is 9.66. The van der Waals surface area contributed by atoms with Gasteiger partial charge in [0.05, 0.1) is 24.6 Å². The molecule has 0 spiro atoms. The van der Waals surface area contributed by atoms with Crippen molar-refractivity contribution in [1.82, 2.24) is 0 Å². The fourth-order valence-corrected chi connectivity index (χ4v) is 1.98. The van der Waals surface area contributed by atoms with Crippen molar-refractivity contribution in [3.8, 4) is 0 Å². The van der Waals surface area contributed by atoms with E-state index in [9.17, 15) is 9.59 Å². The molecule has 1 fully saturated rings.